The number of aliphatic hydroxyl groups is 10. The van der Waals surface area contributed by atoms with Crippen molar-refractivity contribution in [2.45, 2.75) is 48.8 Å². The first-order valence-corrected chi connectivity index (χ1v) is 6.91. The quantitative estimate of drug-likeness (QED) is 0.139. The molecule has 0 aromatic heterocycles. The molecule has 8 atom stereocenters. The summed E-state index contributed by atoms with van der Waals surface area (Å²) in [6.07, 6.45) is -16.2. The maximum atomic E-state index is 9.98. The van der Waals surface area contributed by atoms with Gasteiger partial charge in [-0.3, -0.25) is 0 Å². The number of hydrogen-bond acceptors (Lipinski definition) is 14. The molecule has 0 aromatic carbocycles. The van der Waals surface area contributed by atoms with Crippen LogP contribution in [-0.2, 0) is 9.59 Å². The van der Waals surface area contributed by atoms with E-state index in [0.717, 1.165) is 0 Å². The number of carboxylic acids is 2. The Bertz CT molecular complexity index is 386. The first-order valence-electron chi connectivity index (χ1n) is 6.91. The molecule has 0 saturated heterocycles. The number of aliphatic hydroxyl groups excluding tert-OH is 10. The van der Waals surface area contributed by atoms with Gasteiger partial charge in [0.15, 0.2) is 0 Å². The van der Waals surface area contributed by atoms with Gasteiger partial charge in [-0.1, -0.05) is 0 Å². The van der Waals surface area contributed by atoms with Crippen molar-refractivity contribution in [1.29, 1.82) is 0 Å². The number of rotatable bonds is 10. The third-order valence-corrected chi connectivity index (χ3v) is 2.99. The fourth-order valence-corrected chi connectivity index (χ4v) is 1.32. The Labute approximate surface area is 187 Å². The molecular weight excluding hydrogens is 424 g/mol. The number of carbonyl (C=O) groups excluding carboxylic acids is 2. The Morgan fingerprint density at radius 3 is 0.964 bits per heavy atom. The van der Waals surface area contributed by atoms with Gasteiger partial charge in [-0.25, -0.2) is 0 Å². The average Bonchev–Trinajstić information content (AvgIpc) is 2.62. The van der Waals surface area contributed by atoms with E-state index in [2.05, 4.69) is 0 Å². The number of hydrogen-bond donors (Lipinski definition) is 10. The fourth-order valence-electron chi connectivity index (χ4n) is 1.32. The molecule has 16 heteroatoms. The van der Waals surface area contributed by atoms with Crippen LogP contribution >= 0.6 is 0 Å². The molecule has 0 aliphatic rings. The van der Waals surface area contributed by atoms with Crippen LogP contribution in [0.25, 0.3) is 0 Å². The monoisotopic (exact) mass is 448 g/mol. The molecule has 0 heterocycles. The van der Waals surface area contributed by atoms with Crippen molar-refractivity contribution >= 4 is 49.7 Å². The third kappa shape index (κ3) is 12.3. The molecule has 0 aliphatic carbocycles. The van der Waals surface area contributed by atoms with Crippen LogP contribution < -0.4 is 10.2 Å². The summed E-state index contributed by atoms with van der Waals surface area (Å²) in [5, 5.41) is 107. The predicted molar refractivity (Wildman–Crippen MR) is 81.6 cm³/mol. The van der Waals surface area contributed by atoms with E-state index in [-0.39, 0.29) is 43.2 Å². The van der Waals surface area contributed by atoms with Crippen molar-refractivity contribution in [1.82, 2.24) is 0 Å². The van der Waals surface area contributed by atoms with Crippen molar-refractivity contribution in [2.24, 2.45) is 0 Å². The molecular formula is C12H24CaO15. The number of aliphatic carboxylic acids is 2. The summed E-state index contributed by atoms with van der Waals surface area (Å²) in [6.45, 7) is -1.73. The number of carbonyl (C=O) groups is 2. The van der Waals surface area contributed by atoms with Crippen molar-refractivity contribution in [3.63, 3.8) is 0 Å². The standard InChI is InChI=1S/2C6H12O7.Ca.H2O/c2*7-1-2(8)3(9)4(10)5(11)6(12)13;;/h2*2-5,7-11H,1H2,(H,12,13);;1H2/q;;+2;/p-2/t2*2-,3-,4?,5-;;/m11../s1. The molecule has 164 valence electrons. The summed E-state index contributed by atoms with van der Waals surface area (Å²) in [4.78, 5) is 20.0. The van der Waals surface area contributed by atoms with Crippen LogP contribution in [0, 0.1) is 0 Å². The zero-order chi connectivity index (χ0) is 21.2. The second-order valence-corrected chi connectivity index (χ2v) is 4.99. The molecule has 0 aromatic rings. The fraction of sp³-hybridized carbons (Fsp3) is 0.833. The third-order valence-electron chi connectivity index (χ3n) is 2.99. The Kier molecular flexibility index (Phi) is 22.1. The molecule has 12 N–H and O–H groups in total. The van der Waals surface area contributed by atoms with Gasteiger partial charge in [-0.2, -0.15) is 0 Å². The van der Waals surface area contributed by atoms with Crippen molar-refractivity contribution < 1.29 is 76.3 Å². The van der Waals surface area contributed by atoms with Gasteiger partial charge in [0.2, 0.25) is 0 Å². The Balaban J connectivity index is -0.000000192. The van der Waals surface area contributed by atoms with Crippen molar-refractivity contribution in [2.75, 3.05) is 13.2 Å². The maximum Gasteiger partial charge on any atom is 2.00 e. The summed E-state index contributed by atoms with van der Waals surface area (Å²) < 4.78 is 0. The second kappa shape index (κ2) is 17.6. The van der Waals surface area contributed by atoms with Gasteiger partial charge in [0.25, 0.3) is 0 Å². The van der Waals surface area contributed by atoms with Gasteiger partial charge in [0.05, 0.1) is 25.2 Å². The van der Waals surface area contributed by atoms with Gasteiger partial charge in [-0.15, -0.1) is 0 Å². The maximum absolute atomic E-state index is 9.98. The summed E-state index contributed by atoms with van der Waals surface area (Å²) in [5.74, 6) is -3.95. The molecule has 0 bridgehead atoms. The van der Waals surface area contributed by atoms with Gasteiger partial charge in [-0.05, 0) is 0 Å². The predicted octanol–water partition coefficient (Wildman–Crippen LogP) is -10.9. The molecule has 0 aliphatic heterocycles. The molecule has 28 heavy (non-hydrogen) atoms. The number of carboxylic acid groups (broad SMARTS) is 2. The van der Waals surface area contributed by atoms with E-state index < -0.39 is 74.0 Å². The molecule has 0 spiro atoms. The van der Waals surface area contributed by atoms with Gasteiger partial charge < -0.3 is 76.3 Å². The Morgan fingerprint density at radius 2 is 0.821 bits per heavy atom. The topological polar surface area (TPSA) is 314 Å². The van der Waals surface area contributed by atoms with E-state index in [1.807, 2.05) is 0 Å². The molecule has 0 rings (SSSR count). The molecule has 2 unspecified atom stereocenters. The largest absolute Gasteiger partial charge is 2.00 e. The Hall–Kier alpha value is -0.240. The molecule has 0 fully saturated rings. The van der Waals surface area contributed by atoms with Crippen LogP contribution in [0.1, 0.15) is 0 Å². The molecule has 0 saturated carbocycles. The molecule has 0 radical (unpaired) electrons. The van der Waals surface area contributed by atoms with Crippen LogP contribution in [0.2, 0.25) is 0 Å². The van der Waals surface area contributed by atoms with Gasteiger partial charge >= 0.3 is 37.7 Å². The van der Waals surface area contributed by atoms with E-state index in [4.69, 9.17) is 51.1 Å². The smallest absolute Gasteiger partial charge is 0.547 e. The van der Waals surface area contributed by atoms with E-state index in [1.54, 1.807) is 0 Å². The average molecular weight is 448 g/mol. The first-order chi connectivity index (χ1) is 11.8. The summed E-state index contributed by atoms with van der Waals surface area (Å²) in [7, 11) is 0. The second-order valence-electron chi connectivity index (χ2n) is 4.99. The van der Waals surface area contributed by atoms with E-state index in [1.165, 1.54) is 0 Å². The summed E-state index contributed by atoms with van der Waals surface area (Å²) in [5.41, 5.74) is 0. The summed E-state index contributed by atoms with van der Waals surface area (Å²) >= 11 is 0. The zero-order valence-electron chi connectivity index (χ0n) is 14.3. The van der Waals surface area contributed by atoms with Gasteiger partial charge in [0, 0.05) is 0 Å². The minimum atomic E-state index is -2.31. The zero-order valence-corrected chi connectivity index (χ0v) is 16.6. The molecule has 15 nitrogen and oxygen atoms in total. The van der Waals surface area contributed by atoms with Crippen LogP contribution in [-0.4, -0.2) is 168 Å². The van der Waals surface area contributed by atoms with E-state index in [9.17, 15) is 19.8 Å². The van der Waals surface area contributed by atoms with Gasteiger partial charge in [0.1, 0.15) is 48.8 Å². The van der Waals surface area contributed by atoms with Crippen LogP contribution in [0.3, 0.4) is 0 Å². The SMILES string of the molecule is O.O=C([O-])[C@H](O)C(O)[C@H](O)[C@H](O)CO.O=C([O-])[C@H](O)C(O)[C@H](O)[C@H](O)CO.[Ca+2]. The van der Waals surface area contributed by atoms with E-state index >= 15 is 0 Å². The molecule has 0 amide bonds. The first kappa shape index (κ1) is 35.2. The normalized spacial score (nSPS) is 18.9. The minimum absolute atomic E-state index is 0. The Morgan fingerprint density at radius 1 is 0.607 bits per heavy atom. The van der Waals surface area contributed by atoms with Crippen molar-refractivity contribution in [3.8, 4) is 0 Å². The minimum Gasteiger partial charge on any atom is -0.547 e. The van der Waals surface area contributed by atoms with Crippen molar-refractivity contribution in [3.05, 3.63) is 0 Å². The van der Waals surface area contributed by atoms with Crippen LogP contribution in [0.4, 0.5) is 0 Å². The van der Waals surface area contributed by atoms with E-state index in [0.29, 0.717) is 0 Å². The van der Waals surface area contributed by atoms with Crippen LogP contribution in [0.5, 0.6) is 0 Å². The van der Waals surface area contributed by atoms with Crippen LogP contribution in [0.15, 0.2) is 0 Å². The summed E-state index contributed by atoms with van der Waals surface area (Å²) in [6, 6.07) is 0.